The number of phenolic OH excluding ortho intramolecular Hbond substituents is 1. The normalized spacial score (nSPS) is 17.6. The SMILES string of the molecule is CC(C)c1ccc(O)c(CN2CCOCC2)c1. The van der Waals surface area contributed by atoms with Crippen LogP contribution in [0.3, 0.4) is 0 Å². The van der Waals surface area contributed by atoms with Crippen molar-refractivity contribution < 1.29 is 9.84 Å². The average molecular weight is 235 g/mol. The van der Waals surface area contributed by atoms with Crippen LogP contribution in [0.15, 0.2) is 18.2 Å². The molecule has 1 aromatic rings. The van der Waals surface area contributed by atoms with Crippen LogP contribution in [0.25, 0.3) is 0 Å². The summed E-state index contributed by atoms with van der Waals surface area (Å²) in [6.45, 7) is 8.65. The fourth-order valence-electron chi connectivity index (χ4n) is 2.09. The number of morpholine rings is 1. The van der Waals surface area contributed by atoms with Gasteiger partial charge < -0.3 is 9.84 Å². The van der Waals surface area contributed by atoms with Crippen molar-refractivity contribution in [2.45, 2.75) is 26.3 Å². The lowest BCUT2D eigenvalue weighted by Gasteiger charge is -2.27. The number of hydrogen-bond acceptors (Lipinski definition) is 3. The minimum atomic E-state index is 0.404. The largest absolute Gasteiger partial charge is 0.508 e. The average Bonchev–Trinajstić information content (AvgIpc) is 2.33. The number of aromatic hydroxyl groups is 1. The van der Waals surface area contributed by atoms with E-state index in [0.29, 0.717) is 11.7 Å². The van der Waals surface area contributed by atoms with Crippen molar-refractivity contribution in [3.05, 3.63) is 29.3 Å². The van der Waals surface area contributed by atoms with E-state index in [4.69, 9.17) is 4.74 Å². The third-order valence-electron chi connectivity index (χ3n) is 3.27. The second-order valence-electron chi connectivity index (χ2n) is 4.93. The molecule has 1 aromatic carbocycles. The molecule has 1 aliphatic rings. The fourth-order valence-corrected chi connectivity index (χ4v) is 2.09. The van der Waals surface area contributed by atoms with Crippen LogP contribution in [0.1, 0.15) is 30.9 Å². The van der Waals surface area contributed by atoms with E-state index in [-0.39, 0.29) is 0 Å². The summed E-state index contributed by atoms with van der Waals surface area (Å²) in [7, 11) is 0. The van der Waals surface area contributed by atoms with Gasteiger partial charge in [-0.1, -0.05) is 26.0 Å². The highest BCUT2D eigenvalue weighted by Gasteiger charge is 2.13. The number of benzene rings is 1. The van der Waals surface area contributed by atoms with Gasteiger partial charge in [0.2, 0.25) is 0 Å². The Labute approximate surface area is 103 Å². The molecule has 0 saturated carbocycles. The Morgan fingerprint density at radius 2 is 2.00 bits per heavy atom. The number of rotatable bonds is 3. The van der Waals surface area contributed by atoms with Crippen LogP contribution >= 0.6 is 0 Å². The van der Waals surface area contributed by atoms with E-state index < -0.39 is 0 Å². The van der Waals surface area contributed by atoms with Gasteiger partial charge in [-0.2, -0.15) is 0 Å². The van der Waals surface area contributed by atoms with Gasteiger partial charge in [-0.05, 0) is 17.5 Å². The molecule has 0 aliphatic carbocycles. The van der Waals surface area contributed by atoms with Gasteiger partial charge >= 0.3 is 0 Å². The van der Waals surface area contributed by atoms with Crippen LogP contribution in [0.4, 0.5) is 0 Å². The molecule has 0 aromatic heterocycles. The van der Waals surface area contributed by atoms with Gasteiger partial charge in [0.25, 0.3) is 0 Å². The molecule has 1 aliphatic heterocycles. The molecule has 0 amide bonds. The summed E-state index contributed by atoms with van der Waals surface area (Å²) in [4.78, 5) is 2.32. The zero-order chi connectivity index (χ0) is 12.3. The van der Waals surface area contributed by atoms with E-state index in [1.165, 1.54) is 5.56 Å². The first-order chi connectivity index (χ1) is 8.16. The Bertz CT molecular complexity index is 370. The summed E-state index contributed by atoms with van der Waals surface area (Å²) in [5.74, 6) is 0.903. The molecule has 3 heteroatoms. The van der Waals surface area contributed by atoms with Gasteiger partial charge in [0.05, 0.1) is 13.2 Å². The van der Waals surface area contributed by atoms with Crippen molar-refractivity contribution in [2.24, 2.45) is 0 Å². The zero-order valence-corrected chi connectivity index (χ0v) is 10.6. The number of hydrogen-bond donors (Lipinski definition) is 1. The lowest BCUT2D eigenvalue weighted by atomic mass is 10.00. The predicted octanol–water partition coefficient (Wildman–Crippen LogP) is 2.35. The van der Waals surface area contributed by atoms with Crippen LogP contribution in [0.2, 0.25) is 0 Å². The number of phenols is 1. The first-order valence-electron chi connectivity index (χ1n) is 6.28. The Morgan fingerprint density at radius 3 is 2.65 bits per heavy atom. The third-order valence-corrected chi connectivity index (χ3v) is 3.27. The van der Waals surface area contributed by atoms with E-state index in [9.17, 15) is 5.11 Å². The summed E-state index contributed by atoms with van der Waals surface area (Å²) in [5.41, 5.74) is 2.31. The third kappa shape index (κ3) is 3.20. The summed E-state index contributed by atoms with van der Waals surface area (Å²) >= 11 is 0. The van der Waals surface area contributed by atoms with Gasteiger partial charge in [-0.3, -0.25) is 4.90 Å². The summed E-state index contributed by atoms with van der Waals surface area (Å²) in [6.07, 6.45) is 0. The molecule has 1 fully saturated rings. The van der Waals surface area contributed by atoms with Gasteiger partial charge in [-0.15, -0.1) is 0 Å². The predicted molar refractivity (Wildman–Crippen MR) is 68.3 cm³/mol. The van der Waals surface area contributed by atoms with Crippen LogP contribution in [0.5, 0.6) is 5.75 Å². The maximum Gasteiger partial charge on any atom is 0.120 e. The Hall–Kier alpha value is -1.06. The molecule has 0 unspecified atom stereocenters. The standard InChI is InChI=1S/C14H21NO2/c1-11(2)12-3-4-14(16)13(9-12)10-15-5-7-17-8-6-15/h3-4,9,11,16H,5-8,10H2,1-2H3. The Morgan fingerprint density at radius 1 is 1.29 bits per heavy atom. The molecular weight excluding hydrogens is 214 g/mol. The van der Waals surface area contributed by atoms with E-state index in [2.05, 4.69) is 24.8 Å². The fraction of sp³-hybridized carbons (Fsp3) is 0.571. The van der Waals surface area contributed by atoms with Crippen molar-refractivity contribution >= 4 is 0 Å². The molecule has 3 nitrogen and oxygen atoms in total. The number of ether oxygens (including phenoxy) is 1. The van der Waals surface area contributed by atoms with Crippen molar-refractivity contribution in [1.29, 1.82) is 0 Å². The van der Waals surface area contributed by atoms with Crippen molar-refractivity contribution in [3.8, 4) is 5.75 Å². The quantitative estimate of drug-likeness (QED) is 0.873. The minimum absolute atomic E-state index is 0.404. The monoisotopic (exact) mass is 235 g/mol. The second kappa shape index (κ2) is 5.52. The molecule has 0 atom stereocenters. The van der Waals surface area contributed by atoms with Gasteiger partial charge in [0.15, 0.2) is 0 Å². The van der Waals surface area contributed by atoms with E-state index >= 15 is 0 Å². The minimum Gasteiger partial charge on any atom is -0.508 e. The molecule has 0 spiro atoms. The maximum atomic E-state index is 9.89. The summed E-state index contributed by atoms with van der Waals surface area (Å²) in [5, 5.41) is 9.89. The summed E-state index contributed by atoms with van der Waals surface area (Å²) < 4.78 is 5.33. The van der Waals surface area contributed by atoms with Crippen molar-refractivity contribution in [3.63, 3.8) is 0 Å². The summed E-state index contributed by atoms with van der Waals surface area (Å²) in [6, 6.07) is 5.93. The maximum absolute atomic E-state index is 9.89. The van der Waals surface area contributed by atoms with Crippen LogP contribution in [-0.2, 0) is 11.3 Å². The topological polar surface area (TPSA) is 32.7 Å². The van der Waals surface area contributed by atoms with Crippen molar-refractivity contribution in [2.75, 3.05) is 26.3 Å². The number of nitrogens with zero attached hydrogens (tertiary/aromatic N) is 1. The van der Waals surface area contributed by atoms with Gasteiger partial charge in [0.1, 0.15) is 5.75 Å². The Balaban J connectivity index is 2.10. The van der Waals surface area contributed by atoms with E-state index in [0.717, 1.165) is 38.4 Å². The highest BCUT2D eigenvalue weighted by atomic mass is 16.5. The van der Waals surface area contributed by atoms with E-state index in [1.54, 1.807) is 0 Å². The van der Waals surface area contributed by atoms with Crippen LogP contribution < -0.4 is 0 Å². The molecule has 17 heavy (non-hydrogen) atoms. The highest BCUT2D eigenvalue weighted by Crippen LogP contribution is 2.24. The second-order valence-corrected chi connectivity index (χ2v) is 4.93. The molecule has 2 rings (SSSR count). The molecule has 0 bridgehead atoms. The molecule has 0 radical (unpaired) electrons. The zero-order valence-electron chi connectivity index (χ0n) is 10.6. The Kier molecular flexibility index (Phi) is 4.02. The van der Waals surface area contributed by atoms with Gasteiger partial charge in [-0.25, -0.2) is 0 Å². The first-order valence-corrected chi connectivity index (χ1v) is 6.28. The van der Waals surface area contributed by atoms with E-state index in [1.807, 2.05) is 12.1 Å². The van der Waals surface area contributed by atoms with Crippen LogP contribution in [-0.4, -0.2) is 36.3 Å². The highest BCUT2D eigenvalue weighted by molar-refractivity contribution is 5.37. The lowest BCUT2D eigenvalue weighted by Crippen LogP contribution is -2.35. The lowest BCUT2D eigenvalue weighted by molar-refractivity contribution is 0.0339. The molecule has 1 N–H and O–H groups in total. The smallest absolute Gasteiger partial charge is 0.120 e. The molecule has 1 heterocycles. The molecular formula is C14H21NO2. The molecule has 1 saturated heterocycles. The van der Waals surface area contributed by atoms with Crippen molar-refractivity contribution in [1.82, 2.24) is 4.90 Å². The first kappa shape index (κ1) is 12.4. The van der Waals surface area contributed by atoms with Crippen LogP contribution in [0, 0.1) is 0 Å². The molecule has 94 valence electrons. The van der Waals surface area contributed by atoms with Gasteiger partial charge in [0, 0.05) is 25.2 Å².